The molecule has 0 unspecified atom stereocenters. The second-order valence-corrected chi connectivity index (χ2v) is 7.88. The third kappa shape index (κ3) is 3.30. The van der Waals surface area contributed by atoms with Crippen molar-refractivity contribution >= 4 is 21.5 Å². The van der Waals surface area contributed by atoms with Gasteiger partial charge in [0.25, 0.3) is 0 Å². The van der Waals surface area contributed by atoms with Gasteiger partial charge in [0.05, 0.1) is 12.7 Å². The van der Waals surface area contributed by atoms with Crippen LogP contribution in [0.1, 0.15) is 0 Å². The SMILES string of the molecule is COc1c(F)c(F)c(-c2c3ccccc3c(-c3cc(F)c(F)c(F)c3)c3cccc(F)c23)c(F)c1F. The van der Waals surface area contributed by atoms with E-state index in [9.17, 15) is 22.0 Å². The molecule has 9 heteroatoms. The molecule has 5 aromatic carbocycles. The van der Waals surface area contributed by atoms with Crippen LogP contribution in [0.4, 0.5) is 35.1 Å². The van der Waals surface area contributed by atoms with Crippen LogP contribution in [0.2, 0.25) is 0 Å². The van der Waals surface area contributed by atoms with E-state index in [-0.39, 0.29) is 27.3 Å². The lowest BCUT2D eigenvalue weighted by molar-refractivity contribution is 0.334. The van der Waals surface area contributed by atoms with Crippen LogP contribution in [0.3, 0.4) is 0 Å². The molecule has 182 valence electrons. The molecule has 0 saturated heterocycles. The van der Waals surface area contributed by atoms with Gasteiger partial charge in [0.1, 0.15) is 5.82 Å². The van der Waals surface area contributed by atoms with E-state index in [2.05, 4.69) is 4.74 Å². The van der Waals surface area contributed by atoms with Gasteiger partial charge in [-0.3, -0.25) is 0 Å². The summed E-state index contributed by atoms with van der Waals surface area (Å²) in [5, 5.41) is -0.550. The predicted molar refractivity (Wildman–Crippen MR) is 119 cm³/mol. The molecule has 36 heavy (non-hydrogen) atoms. The van der Waals surface area contributed by atoms with Crippen molar-refractivity contribution in [3.8, 4) is 28.0 Å². The Morgan fingerprint density at radius 3 is 1.58 bits per heavy atom. The first-order chi connectivity index (χ1) is 17.2. The average Bonchev–Trinajstić information content (AvgIpc) is 2.86. The molecule has 0 N–H and O–H groups in total. The fourth-order valence-electron chi connectivity index (χ4n) is 4.47. The zero-order valence-corrected chi connectivity index (χ0v) is 18.1. The lowest BCUT2D eigenvalue weighted by Gasteiger charge is -2.19. The number of benzene rings is 5. The molecule has 5 aromatic rings. The molecular weight excluding hydrogens is 492 g/mol. The molecule has 0 radical (unpaired) electrons. The van der Waals surface area contributed by atoms with Crippen molar-refractivity contribution in [3.63, 3.8) is 0 Å². The summed E-state index contributed by atoms with van der Waals surface area (Å²) in [6.45, 7) is 0. The second kappa shape index (κ2) is 8.51. The molecule has 0 fully saturated rings. The van der Waals surface area contributed by atoms with E-state index in [1.54, 1.807) is 0 Å². The smallest absolute Gasteiger partial charge is 0.204 e. The average molecular weight is 504 g/mol. The first kappa shape index (κ1) is 23.6. The molecule has 0 saturated carbocycles. The van der Waals surface area contributed by atoms with Gasteiger partial charge in [0.15, 0.2) is 34.8 Å². The van der Waals surface area contributed by atoms with E-state index in [0.29, 0.717) is 12.1 Å². The van der Waals surface area contributed by atoms with Gasteiger partial charge in [-0.2, -0.15) is 8.78 Å². The van der Waals surface area contributed by atoms with E-state index < -0.39 is 68.8 Å². The maximum atomic E-state index is 15.3. The summed E-state index contributed by atoms with van der Waals surface area (Å²) in [7, 11) is 0.820. The number of hydrogen-bond donors (Lipinski definition) is 0. The van der Waals surface area contributed by atoms with Crippen molar-refractivity contribution in [2.75, 3.05) is 7.11 Å². The van der Waals surface area contributed by atoms with Crippen molar-refractivity contribution in [1.82, 2.24) is 0 Å². The molecule has 1 nitrogen and oxygen atoms in total. The quantitative estimate of drug-likeness (QED) is 0.104. The summed E-state index contributed by atoms with van der Waals surface area (Å²) in [4.78, 5) is 0. The van der Waals surface area contributed by atoms with Crippen molar-refractivity contribution in [1.29, 1.82) is 0 Å². The summed E-state index contributed by atoms with van der Waals surface area (Å²) in [5.74, 6) is -14.4. The Bertz CT molecular complexity index is 1660. The minimum Gasteiger partial charge on any atom is -0.491 e. The van der Waals surface area contributed by atoms with Crippen molar-refractivity contribution in [3.05, 3.63) is 101 Å². The summed E-state index contributed by atoms with van der Waals surface area (Å²) >= 11 is 0. The van der Waals surface area contributed by atoms with E-state index >= 15 is 13.2 Å². The Kier molecular flexibility index (Phi) is 5.58. The molecule has 5 rings (SSSR count). The molecule has 0 spiro atoms. The molecule has 0 amide bonds. The minimum atomic E-state index is -1.83. The number of fused-ring (bicyclic) bond motifs is 2. The van der Waals surface area contributed by atoms with Crippen LogP contribution >= 0.6 is 0 Å². The Balaban J connectivity index is 2.05. The molecule has 0 aliphatic carbocycles. The summed E-state index contributed by atoms with van der Waals surface area (Å²) < 4.78 is 121. The van der Waals surface area contributed by atoms with Gasteiger partial charge in [-0.05, 0) is 45.5 Å². The molecule has 0 atom stereocenters. The van der Waals surface area contributed by atoms with Crippen LogP contribution in [-0.2, 0) is 0 Å². The molecule has 0 aromatic heterocycles. The highest BCUT2D eigenvalue weighted by atomic mass is 19.2. The van der Waals surface area contributed by atoms with E-state index in [1.807, 2.05) is 0 Å². The van der Waals surface area contributed by atoms with Crippen molar-refractivity contribution < 1.29 is 39.9 Å². The summed E-state index contributed by atoms with van der Waals surface area (Å²) in [5.41, 5.74) is -1.91. The zero-order valence-electron chi connectivity index (χ0n) is 18.1. The molecule has 0 aliphatic heterocycles. The van der Waals surface area contributed by atoms with Gasteiger partial charge in [-0.15, -0.1) is 0 Å². The lowest BCUT2D eigenvalue weighted by Crippen LogP contribution is -2.05. The maximum Gasteiger partial charge on any atom is 0.204 e. The van der Waals surface area contributed by atoms with E-state index in [0.717, 1.165) is 13.2 Å². The number of methoxy groups -OCH3 is 1. The van der Waals surface area contributed by atoms with Crippen LogP contribution in [0.15, 0.2) is 54.6 Å². The molecular formula is C27H12F8O. The Morgan fingerprint density at radius 2 is 1.03 bits per heavy atom. The fourth-order valence-corrected chi connectivity index (χ4v) is 4.47. The first-order valence-corrected chi connectivity index (χ1v) is 10.4. The van der Waals surface area contributed by atoms with Crippen LogP contribution < -0.4 is 4.74 Å². The van der Waals surface area contributed by atoms with Gasteiger partial charge >= 0.3 is 0 Å². The molecule has 0 bridgehead atoms. The summed E-state index contributed by atoms with van der Waals surface area (Å²) in [6, 6.07) is 10.5. The third-order valence-electron chi connectivity index (χ3n) is 5.95. The van der Waals surface area contributed by atoms with Gasteiger partial charge < -0.3 is 4.74 Å². The Morgan fingerprint density at radius 1 is 0.500 bits per heavy atom. The zero-order chi connectivity index (χ0) is 25.9. The minimum absolute atomic E-state index is 0.0110. The highest BCUT2D eigenvalue weighted by molar-refractivity contribution is 6.21. The normalized spacial score (nSPS) is 11.5. The highest BCUT2D eigenvalue weighted by Gasteiger charge is 2.31. The predicted octanol–water partition coefficient (Wildman–Crippen LogP) is 8.45. The fraction of sp³-hybridized carbons (Fsp3) is 0.0370. The topological polar surface area (TPSA) is 9.23 Å². The van der Waals surface area contributed by atoms with Gasteiger partial charge in [-0.1, -0.05) is 36.4 Å². The lowest BCUT2D eigenvalue weighted by atomic mass is 9.85. The highest BCUT2D eigenvalue weighted by Crippen LogP contribution is 2.47. The van der Waals surface area contributed by atoms with Crippen LogP contribution in [0.25, 0.3) is 43.8 Å². The second-order valence-electron chi connectivity index (χ2n) is 7.88. The standard InChI is InChI=1S/C27H12F8O/c1-36-27-25(34)23(32)21(24(33)26(27)35)20-13-6-3-2-5-12(13)18(14-7-4-8-15(28)19(14)20)11-9-16(29)22(31)17(30)10-11/h2-10H,1H3. The van der Waals surface area contributed by atoms with Gasteiger partial charge in [-0.25, -0.2) is 26.3 Å². The van der Waals surface area contributed by atoms with E-state index in [4.69, 9.17) is 0 Å². The number of ether oxygens (including phenoxy) is 1. The van der Waals surface area contributed by atoms with Gasteiger partial charge in [0, 0.05) is 10.9 Å². The monoisotopic (exact) mass is 504 g/mol. The third-order valence-corrected chi connectivity index (χ3v) is 5.95. The summed E-state index contributed by atoms with van der Waals surface area (Å²) in [6.07, 6.45) is 0. The van der Waals surface area contributed by atoms with Crippen LogP contribution in [0.5, 0.6) is 5.75 Å². The van der Waals surface area contributed by atoms with E-state index in [1.165, 1.54) is 36.4 Å². The molecule has 0 heterocycles. The largest absolute Gasteiger partial charge is 0.491 e. The number of rotatable bonds is 3. The molecule has 0 aliphatic rings. The number of halogens is 8. The Labute approximate surface area is 198 Å². The Hall–Kier alpha value is -4.14. The van der Waals surface area contributed by atoms with Crippen LogP contribution in [0, 0.1) is 46.5 Å². The maximum absolute atomic E-state index is 15.3. The van der Waals surface area contributed by atoms with Crippen molar-refractivity contribution in [2.45, 2.75) is 0 Å². The van der Waals surface area contributed by atoms with Crippen LogP contribution in [-0.4, -0.2) is 7.11 Å². The number of hydrogen-bond acceptors (Lipinski definition) is 1. The van der Waals surface area contributed by atoms with Crippen molar-refractivity contribution in [2.24, 2.45) is 0 Å². The first-order valence-electron chi connectivity index (χ1n) is 10.4. The van der Waals surface area contributed by atoms with Gasteiger partial charge in [0.2, 0.25) is 11.6 Å².